The van der Waals surface area contributed by atoms with Gasteiger partial charge in [0.05, 0.1) is 17.6 Å². The van der Waals surface area contributed by atoms with Crippen molar-refractivity contribution in [1.29, 1.82) is 0 Å². The summed E-state index contributed by atoms with van der Waals surface area (Å²) in [5.41, 5.74) is 1.63. The van der Waals surface area contributed by atoms with Gasteiger partial charge in [-0.1, -0.05) is 0 Å². The predicted molar refractivity (Wildman–Crippen MR) is 69.3 cm³/mol. The Kier molecular flexibility index (Phi) is 6.38. The molecule has 0 aromatic heterocycles. The number of carbonyl (C=O) groups excluding carboxylic acids is 1. The van der Waals surface area contributed by atoms with Crippen molar-refractivity contribution in [3.8, 4) is 5.75 Å². The molecular weight excluding hydrogens is 269 g/mol. The van der Waals surface area contributed by atoms with E-state index in [1.165, 1.54) is 6.07 Å². The molecule has 1 amide bonds. The van der Waals surface area contributed by atoms with Gasteiger partial charge >= 0.3 is 5.69 Å². The maximum Gasteiger partial charge on any atom is 0.313 e. The molecule has 20 heavy (non-hydrogen) atoms. The number of hydrogen-bond donors (Lipinski definition) is 2. The first-order valence-corrected chi connectivity index (χ1v) is 6.10. The number of halogens is 1. The van der Waals surface area contributed by atoms with Gasteiger partial charge in [0, 0.05) is 6.42 Å². The van der Waals surface area contributed by atoms with E-state index < -0.39 is 16.4 Å². The maximum atomic E-state index is 12.9. The number of nitrogens with two attached hydrogens (primary N) is 1. The largest absolute Gasteiger partial charge is 0.487 e. The van der Waals surface area contributed by atoms with Crippen molar-refractivity contribution < 1.29 is 18.8 Å². The van der Waals surface area contributed by atoms with Crippen LogP contribution in [0.25, 0.3) is 0 Å². The highest BCUT2D eigenvalue weighted by molar-refractivity contribution is 5.75. The summed E-state index contributed by atoms with van der Waals surface area (Å²) in [5.74, 6) is 4.05. The number of nitrogens with one attached hydrogen (secondary N) is 1. The van der Waals surface area contributed by atoms with E-state index in [1.54, 1.807) is 0 Å². The first-order valence-electron chi connectivity index (χ1n) is 6.10. The van der Waals surface area contributed by atoms with Crippen LogP contribution in [0.15, 0.2) is 18.2 Å². The fourth-order valence-corrected chi connectivity index (χ4v) is 1.57. The quantitative estimate of drug-likeness (QED) is 0.248. The fourth-order valence-electron chi connectivity index (χ4n) is 1.57. The molecule has 8 heteroatoms. The topological polar surface area (TPSA) is 107 Å². The van der Waals surface area contributed by atoms with Crippen LogP contribution in [0.5, 0.6) is 5.75 Å². The molecule has 0 bridgehead atoms. The highest BCUT2D eigenvalue weighted by atomic mass is 19.1. The summed E-state index contributed by atoms with van der Waals surface area (Å²) in [4.78, 5) is 20.9. The van der Waals surface area contributed by atoms with Crippen LogP contribution in [-0.2, 0) is 4.79 Å². The minimum absolute atomic E-state index is 0.0381. The molecule has 0 aliphatic rings. The number of nitrogens with zero attached hydrogens (tertiary/aromatic N) is 1. The first kappa shape index (κ1) is 15.8. The second kappa shape index (κ2) is 8.05. The average molecular weight is 285 g/mol. The molecule has 0 heterocycles. The highest BCUT2D eigenvalue weighted by Crippen LogP contribution is 2.27. The molecule has 0 atom stereocenters. The Morgan fingerprint density at radius 3 is 2.80 bits per heavy atom. The van der Waals surface area contributed by atoms with E-state index in [1.807, 2.05) is 5.43 Å². The summed E-state index contributed by atoms with van der Waals surface area (Å²) in [6.07, 6.45) is 2.33. The van der Waals surface area contributed by atoms with E-state index in [-0.39, 0.29) is 18.3 Å². The summed E-state index contributed by atoms with van der Waals surface area (Å²) < 4.78 is 18.2. The number of hydrazine groups is 1. The zero-order valence-electron chi connectivity index (χ0n) is 10.8. The van der Waals surface area contributed by atoms with Crippen LogP contribution >= 0.6 is 0 Å². The lowest BCUT2D eigenvalue weighted by molar-refractivity contribution is -0.386. The van der Waals surface area contributed by atoms with E-state index >= 15 is 0 Å². The molecule has 1 rings (SSSR count). The van der Waals surface area contributed by atoms with E-state index in [0.29, 0.717) is 19.3 Å². The molecule has 0 saturated heterocycles. The second-order valence-corrected chi connectivity index (χ2v) is 4.10. The lowest BCUT2D eigenvalue weighted by Gasteiger charge is -2.06. The molecule has 0 saturated carbocycles. The zero-order chi connectivity index (χ0) is 15.0. The van der Waals surface area contributed by atoms with Crippen LogP contribution in [0.4, 0.5) is 10.1 Å². The number of carbonyl (C=O) groups is 1. The Labute approximate surface area is 115 Å². The summed E-state index contributed by atoms with van der Waals surface area (Å²) in [6, 6.07) is 3.16. The van der Waals surface area contributed by atoms with Crippen molar-refractivity contribution in [3.63, 3.8) is 0 Å². The highest BCUT2D eigenvalue weighted by Gasteiger charge is 2.15. The fraction of sp³-hybridized carbons (Fsp3) is 0.417. The monoisotopic (exact) mass is 285 g/mol. The third kappa shape index (κ3) is 5.19. The molecule has 7 nitrogen and oxygen atoms in total. The van der Waals surface area contributed by atoms with Crippen LogP contribution in [0.3, 0.4) is 0 Å². The molecular formula is C12H16FN3O4. The number of nitro groups is 1. The summed E-state index contributed by atoms with van der Waals surface area (Å²) in [5, 5.41) is 10.7. The summed E-state index contributed by atoms with van der Waals surface area (Å²) in [7, 11) is 0. The minimum Gasteiger partial charge on any atom is -0.487 e. The van der Waals surface area contributed by atoms with Gasteiger partial charge in [-0.05, 0) is 31.4 Å². The molecule has 0 aliphatic carbocycles. The van der Waals surface area contributed by atoms with Gasteiger partial charge in [0.25, 0.3) is 0 Å². The number of nitro benzene ring substituents is 1. The number of benzene rings is 1. The van der Waals surface area contributed by atoms with E-state index in [4.69, 9.17) is 10.6 Å². The zero-order valence-corrected chi connectivity index (χ0v) is 10.8. The van der Waals surface area contributed by atoms with Crippen LogP contribution in [0.1, 0.15) is 25.7 Å². The van der Waals surface area contributed by atoms with Gasteiger partial charge in [-0.25, -0.2) is 10.2 Å². The van der Waals surface area contributed by atoms with Crippen molar-refractivity contribution in [1.82, 2.24) is 5.43 Å². The number of ether oxygens (including phenoxy) is 1. The lowest BCUT2D eigenvalue weighted by Crippen LogP contribution is -2.29. The van der Waals surface area contributed by atoms with Crippen molar-refractivity contribution in [2.24, 2.45) is 5.84 Å². The number of hydrogen-bond acceptors (Lipinski definition) is 5. The standard InChI is InChI=1S/C12H16FN3O4/c13-9-5-6-11(10(8-9)16(18)19)20-7-3-1-2-4-12(17)15-14/h5-6,8H,1-4,7,14H2,(H,15,17). The maximum absolute atomic E-state index is 12.9. The molecule has 0 aliphatic heterocycles. The Morgan fingerprint density at radius 1 is 1.40 bits per heavy atom. The molecule has 0 spiro atoms. The third-order valence-corrected chi connectivity index (χ3v) is 2.58. The van der Waals surface area contributed by atoms with Crippen molar-refractivity contribution in [2.75, 3.05) is 6.61 Å². The molecule has 0 radical (unpaired) electrons. The molecule has 0 unspecified atom stereocenters. The smallest absolute Gasteiger partial charge is 0.313 e. The van der Waals surface area contributed by atoms with E-state index in [2.05, 4.69) is 0 Å². The SMILES string of the molecule is NNC(=O)CCCCCOc1ccc(F)cc1[N+](=O)[O-]. The number of amides is 1. The van der Waals surface area contributed by atoms with Crippen LogP contribution in [-0.4, -0.2) is 17.4 Å². The van der Waals surface area contributed by atoms with Gasteiger partial charge in [-0.2, -0.15) is 0 Å². The molecule has 1 aromatic carbocycles. The van der Waals surface area contributed by atoms with Crippen molar-refractivity contribution in [3.05, 3.63) is 34.1 Å². The third-order valence-electron chi connectivity index (χ3n) is 2.58. The molecule has 0 fully saturated rings. The molecule has 110 valence electrons. The van der Waals surface area contributed by atoms with Gasteiger partial charge in [0.15, 0.2) is 5.75 Å². The predicted octanol–water partition coefficient (Wildman–Crippen LogP) is 1.66. The van der Waals surface area contributed by atoms with Crippen LogP contribution < -0.4 is 16.0 Å². The summed E-state index contributed by atoms with van der Waals surface area (Å²) >= 11 is 0. The molecule has 3 N–H and O–H groups in total. The van der Waals surface area contributed by atoms with Gasteiger partial charge in [0.1, 0.15) is 5.82 Å². The van der Waals surface area contributed by atoms with Gasteiger partial charge in [-0.15, -0.1) is 0 Å². The summed E-state index contributed by atoms with van der Waals surface area (Å²) in [6.45, 7) is 0.261. The number of unbranched alkanes of at least 4 members (excludes halogenated alkanes) is 2. The van der Waals surface area contributed by atoms with E-state index in [9.17, 15) is 19.3 Å². The van der Waals surface area contributed by atoms with E-state index in [0.717, 1.165) is 18.6 Å². The normalized spacial score (nSPS) is 10.1. The lowest BCUT2D eigenvalue weighted by atomic mass is 10.2. The van der Waals surface area contributed by atoms with Crippen LogP contribution in [0.2, 0.25) is 0 Å². The average Bonchev–Trinajstić information content (AvgIpc) is 2.43. The Hall–Kier alpha value is -2.22. The van der Waals surface area contributed by atoms with Crippen LogP contribution in [0, 0.1) is 15.9 Å². The van der Waals surface area contributed by atoms with Gasteiger partial charge in [0.2, 0.25) is 5.91 Å². The first-order chi connectivity index (χ1) is 9.54. The second-order valence-electron chi connectivity index (χ2n) is 4.10. The van der Waals surface area contributed by atoms with Crippen molar-refractivity contribution in [2.45, 2.75) is 25.7 Å². The molecule has 1 aromatic rings. The Balaban J connectivity index is 2.35. The Morgan fingerprint density at radius 2 is 2.15 bits per heavy atom. The Bertz CT molecular complexity index is 482. The van der Waals surface area contributed by atoms with Gasteiger partial charge in [-0.3, -0.25) is 20.3 Å². The van der Waals surface area contributed by atoms with Crippen molar-refractivity contribution >= 4 is 11.6 Å². The number of rotatable bonds is 8. The van der Waals surface area contributed by atoms with Gasteiger partial charge < -0.3 is 4.74 Å². The minimum atomic E-state index is -0.690.